The van der Waals surface area contributed by atoms with Crippen molar-refractivity contribution in [1.82, 2.24) is 4.90 Å². The number of carbonyl (C=O) groups excluding carboxylic acids is 2. The van der Waals surface area contributed by atoms with E-state index in [2.05, 4.69) is 4.90 Å². The van der Waals surface area contributed by atoms with Crippen molar-refractivity contribution in [2.75, 3.05) is 13.6 Å². The number of nitrogens with zero attached hydrogens (tertiary/aromatic N) is 1. The third kappa shape index (κ3) is 3.05. The highest BCUT2D eigenvalue weighted by Crippen LogP contribution is 2.64. The van der Waals surface area contributed by atoms with Crippen LogP contribution in [0.15, 0.2) is 24.0 Å². The van der Waals surface area contributed by atoms with Gasteiger partial charge in [0.05, 0.1) is 17.4 Å². The van der Waals surface area contributed by atoms with Crippen LogP contribution in [0, 0.1) is 0 Å². The van der Waals surface area contributed by atoms with Crippen LogP contribution in [-0.4, -0.2) is 75.6 Å². The van der Waals surface area contributed by atoms with Gasteiger partial charge in [0.2, 0.25) is 6.10 Å². The Kier molecular flexibility index (Phi) is 5.14. The second kappa shape index (κ2) is 7.71. The second-order valence-electron chi connectivity index (χ2n) is 9.57. The minimum Gasteiger partial charge on any atom is -0.504 e. The number of likely N-dealkylation sites (tertiary alicyclic amines) is 1. The first kappa shape index (κ1) is 22.7. The number of hydrogen-bond acceptors (Lipinski definition) is 9. The van der Waals surface area contributed by atoms with E-state index < -0.39 is 47.6 Å². The van der Waals surface area contributed by atoms with Crippen LogP contribution in [0.4, 0.5) is 0 Å². The molecule has 1 aromatic rings. The first-order chi connectivity index (χ1) is 16.1. The quantitative estimate of drug-likeness (QED) is 0.530. The lowest BCUT2D eigenvalue weighted by Crippen LogP contribution is -2.69. The van der Waals surface area contributed by atoms with E-state index in [1.54, 1.807) is 12.1 Å². The van der Waals surface area contributed by atoms with E-state index in [0.717, 1.165) is 31.0 Å². The normalized spacial score (nSPS) is 31.9. The highest BCUT2D eigenvalue weighted by molar-refractivity contribution is 5.83. The Morgan fingerprint density at radius 1 is 1.32 bits per heavy atom. The first-order valence-corrected chi connectivity index (χ1v) is 11.3. The van der Waals surface area contributed by atoms with Gasteiger partial charge in [-0.3, -0.25) is 9.59 Å². The second-order valence-corrected chi connectivity index (χ2v) is 9.57. The number of phenols is 1. The lowest BCUT2D eigenvalue weighted by Gasteiger charge is -2.56. The maximum Gasteiger partial charge on any atom is 0.345 e. The van der Waals surface area contributed by atoms with Crippen molar-refractivity contribution in [2.45, 2.75) is 68.3 Å². The molecule has 10 heteroatoms. The number of ether oxygens (including phenoxy) is 3. The molecule has 1 spiro atoms. The maximum absolute atomic E-state index is 12.7. The molecule has 2 aliphatic heterocycles. The van der Waals surface area contributed by atoms with Gasteiger partial charge in [-0.15, -0.1) is 0 Å². The van der Waals surface area contributed by atoms with Crippen molar-refractivity contribution in [3.63, 3.8) is 0 Å². The third-order valence-corrected chi connectivity index (χ3v) is 7.74. The van der Waals surface area contributed by atoms with Crippen molar-refractivity contribution in [1.29, 1.82) is 0 Å². The highest BCUT2D eigenvalue weighted by atomic mass is 16.6. The average molecular weight is 473 g/mol. The Hall–Kier alpha value is -3.11. The number of aromatic hydroxyl groups is 1. The van der Waals surface area contributed by atoms with Crippen molar-refractivity contribution >= 4 is 17.9 Å². The number of carboxylic acid groups (broad SMARTS) is 1. The molecule has 0 unspecified atom stereocenters. The van der Waals surface area contributed by atoms with Crippen molar-refractivity contribution < 1.29 is 43.9 Å². The Morgan fingerprint density at radius 2 is 2.09 bits per heavy atom. The van der Waals surface area contributed by atoms with Crippen molar-refractivity contribution in [2.24, 2.45) is 0 Å². The Bertz CT molecular complexity index is 1110. The Balaban J connectivity index is 1.53. The molecular formula is C24H27NO9. The van der Waals surface area contributed by atoms with Crippen molar-refractivity contribution in [3.05, 3.63) is 35.1 Å². The largest absolute Gasteiger partial charge is 0.504 e. The van der Waals surface area contributed by atoms with E-state index in [1.165, 1.54) is 0 Å². The molecule has 0 radical (unpaired) electrons. The molecule has 1 saturated heterocycles. The average Bonchev–Trinajstić information content (AvgIpc) is 3.10. The number of carboxylic acids is 1. The van der Waals surface area contributed by atoms with Gasteiger partial charge in [0, 0.05) is 24.9 Å². The van der Waals surface area contributed by atoms with Gasteiger partial charge in [-0.05, 0) is 50.6 Å². The van der Waals surface area contributed by atoms with Gasteiger partial charge in [0.15, 0.2) is 17.6 Å². The highest BCUT2D eigenvalue weighted by Gasteiger charge is 2.71. The number of esters is 2. The molecule has 1 fully saturated rings. The standard InChI is InChI=1S/C24H27NO9/c1-12(26)32-16(22(29)30)11-18(28)33-15-6-8-24(31)17-10-13-4-5-14(27)20-19(13)23(24,21(15)34-20)7-3-9-25(17)2/h4-6,16-17,21,27,31H,3,7-11H2,1-2H3,(H,29,30)/t16-,17+,21-,23-,24+/m0/s1. The number of hydrogen-bond donors (Lipinski definition) is 3. The molecule has 0 amide bonds. The van der Waals surface area contributed by atoms with Gasteiger partial charge in [-0.25, -0.2) is 4.79 Å². The number of aliphatic carboxylic acids is 1. The number of likely N-dealkylation sites (N-methyl/N-ethyl adjacent to an activating group) is 1. The third-order valence-electron chi connectivity index (χ3n) is 7.74. The summed E-state index contributed by atoms with van der Waals surface area (Å²) in [4.78, 5) is 37.4. The zero-order chi connectivity index (χ0) is 24.4. The summed E-state index contributed by atoms with van der Waals surface area (Å²) in [7, 11) is 1.99. The monoisotopic (exact) mass is 473 g/mol. The Morgan fingerprint density at radius 3 is 2.79 bits per heavy atom. The molecule has 0 aromatic heterocycles. The van der Waals surface area contributed by atoms with Crippen LogP contribution >= 0.6 is 0 Å². The van der Waals surface area contributed by atoms with Gasteiger partial charge < -0.3 is 34.4 Å². The summed E-state index contributed by atoms with van der Waals surface area (Å²) in [5.74, 6) is -2.78. The first-order valence-electron chi connectivity index (χ1n) is 11.3. The van der Waals surface area contributed by atoms with E-state index in [4.69, 9.17) is 14.2 Å². The van der Waals surface area contributed by atoms with Gasteiger partial charge in [0.1, 0.15) is 5.76 Å². The summed E-state index contributed by atoms with van der Waals surface area (Å²) in [6.45, 7) is 1.83. The van der Waals surface area contributed by atoms with Crippen LogP contribution in [0.25, 0.3) is 0 Å². The summed E-state index contributed by atoms with van der Waals surface area (Å²) in [5, 5.41) is 32.1. The fourth-order valence-electron chi connectivity index (χ4n) is 6.40. The van der Waals surface area contributed by atoms with Crippen LogP contribution in [-0.2, 0) is 35.7 Å². The van der Waals surface area contributed by atoms with Gasteiger partial charge in [0.25, 0.3) is 0 Å². The lowest BCUT2D eigenvalue weighted by atomic mass is 9.52. The van der Waals surface area contributed by atoms with Gasteiger partial charge in [-0.2, -0.15) is 0 Å². The molecule has 10 nitrogen and oxygen atoms in total. The minimum absolute atomic E-state index is 0.0487. The fraction of sp³-hybridized carbons (Fsp3) is 0.542. The van der Waals surface area contributed by atoms with Crippen LogP contribution in [0.5, 0.6) is 11.5 Å². The number of rotatable bonds is 5. The van der Waals surface area contributed by atoms with E-state index in [1.807, 2.05) is 13.1 Å². The summed E-state index contributed by atoms with van der Waals surface area (Å²) in [6.07, 6.45) is 0.505. The molecule has 2 heterocycles. The molecule has 0 saturated carbocycles. The zero-order valence-electron chi connectivity index (χ0n) is 18.9. The maximum atomic E-state index is 12.7. The molecule has 1 aromatic carbocycles. The molecule has 34 heavy (non-hydrogen) atoms. The molecule has 2 aliphatic carbocycles. The Labute approximate surface area is 195 Å². The summed E-state index contributed by atoms with van der Waals surface area (Å²) in [6, 6.07) is 3.23. The number of aliphatic hydroxyl groups is 1. The number of benzene rings is 1. The molecule has 5 rings (SSSR count). The molecule has 3 N–H and O–H groups in total. The smallest absolute Gasteiger partial charge is 0.345 e. The van der Waals surface area contributed by atoms with E-state index in [0.29, 0.717) is 12.8 Å². The van der Waals surface area contributed by atoms with Crippen LogP contribution < -0.4 is 4.74 Å². The topological polar surface area (TPSA) is 143 Å². The predicted molar refractivity (Wildman–Crippen MR) is 115 cm³/mol. The molecule has 2 bridgehead atoms. The zero-order valence-corrected chi connectivity index (χ0v) is 18.9. The van der Waals surface area contributed by atoms with Crippen LogP contribution in [0.1, 0.15) is 43.7 Å². The van der Waals surface area contributed by atoms with E-state index in [9.17, 15) is 29.7 Å². The van der Waals surface area contributed by atoms with E-state index >= 15 is 0 Å². The molecule has 182 valence electrons. The fourth-order valence-corrected chi connectivity index (χ4v) is 6.40. The van der Waals surface area contributed by atoms with Crippen LogP contribution in [0.3, 0.4) is 0 Å². The van der Waals surface area contributed by atoms with Crippen molar-refractivity contribution in [3.8, 4) is 11.5 Å². The minimum atomic E-state index is -1.67. The summed E-state index contributed by atoms with van der Waals surface area (Å²) in [5.41, 5.74) is -0.411. The van der Waals surface area contributed by atoms with Gasteiger partial charge >= 0.3 is 17.9 Å². The number of phenolic OH excluding ortho intramolecular Hbond substituents is 1. The SMILES string of the molecule is CC(=O)O[C@@H](CC(=O)OC1=CC[C@@]2(O)[C@H]3Cc4ccc(O)c5c4[C@@]2(CCCN3C)[C@H]1O5)C(=O)O. The number of carbonyl (C=O) groups is 3. The summed E-state index contributed by atoms with van der Waals surface area (Å²) >= 11 is 0. The van der Waals surface area contributed by atoms with E-state index in [-0.39, 0.29) is 29.7 Å². The van der Waals surface area contributed by atoms with Gasteiger partial charge in [-0.1, -0.05) is 6.07 Å². The molecule has 5 atom stereocenters. The predicted octanol–water partition coefficient (Wildman–Crippen LogP) is 1.01. The molecular weight excluding hydrogens is 446 g/mol. The molecule has 4 aliphatic rings. The summed E-state index contributed by atoms with van der Waals surface area (Å²) < 4.78 is 16.5. The lowest BCUT2D eigenvalue weighted by molar-refractivity contribution is -0.167. The van der Waals surface area contributed by atoms with Crippen LogP contribution in [0.2, 0.25) is 0 Å².